The van der Waals surface area contributed by atoms with Crippen molar-refractivity contribution in [2.45, 2.75) is 42.6 Å². The Labute approximate surface area is 369 Å². The third-order valence-electron chi connectivity index (χ3n) is 12.6. The minimum absolute atomic E-state index is 0.177. The molecule has 3 fully saturated rings. The van der Waals surface area contributed by atoms with Gasteiger partial charge in [-0.25, -0.2) is 0 Å². The van der Waals surface area contributed by atoms with Crippen molar-refractivity contribution in [1.82, 2.24) is 29.0 Å². The molecule has 16 nitrogen and oxygen atoms in total. The normalized spacial score (nSPS) is 18.4. The zero-order valence-electron chi connectivity index (χ0n) is 36.3. The molecular formula is C45H56N10O6S2. The molecule has 0 bridgehead atoms. The highest BCUT2D eigenvalue weighted by Crippen LogP contribution is 2.35. The van der Waals surface area contributed by atoms with Gasteiger partial charge in [0.25, 0.3) is 20.0 Å². The van der Waals surface area contributed by atoms with E-state index in [4.69, 9.17) is 9.47 Å². The molecule has 6 aromatic rings. The van der Waals surface area contributed by atoms with Crippen LogP contribution in [0.3, 0.4) is 0 Å². The summed E-state index contributed by atoms with van der Waals surface area (Å²) in [5.74, 6) is 0.699. The van der Waals surface area contributed by atoms with E-state index in [-0.39, 0.29) is 15.9 Å². The van der Waals surface area contributed by atoms with Gasteiger partial charge in [0.2, 0.25) is 0 Å². The van der Waals surface area contributed by atoms with Gasteiger partial charge >= 0.3 is 0 Å². The number of rotatable bonds is 9. The predicted molar refractivity (Wildman–Crippen MR) is 248 cm³/mol. The van der Waals surface area contributed by atoms with Gasteiger partial charge in [-0.1, -0.05) is 13.0 Å². The number of fused-ring (bicyclic) bond motifs is 3. The second kappa shape index (κ2) is 17.6. The monoisotopic (exact) mass is 896 g/mol. The molecule has 2 aromatic heterocycles. The molecule has 4 aliphatic rings. The van der Waals surface area contributed by atoms with Gasteiger partial charge in [-0.3, -0.25) is 0 Å². The van der Waals surface area contributed by atoms with E-state index in [2.05, 4.69) is 41.6 Å². The highest BCUT2D eigenvalue weighted by atomic mass is 32.2. The molecule has 6 heterocycles. The molecular weight excluding hydrogens is 841 g/mol. The van der Waals surface area contributed by atoms with Crippen LogP contribution in [0.5, 0.6) is 5.75 Å². The number of aryl methyl sites for hydroxylation is 2. The fourth-order valence-electron chi connectivity index (χ4n) is 8.92. The highest BCUT2D eigenvalue weighted by molar-refractivity contribution is 7.90. The summed E-state index contributed by atoms with van der Waals surface area (Å²) in [5, 5.41) is 17.4. The first-order chi connectivity index (χ1) is 30.5. The first kappa shape index (κ1) is 42.9. The van der Waals surface area contributed by atoms with Crippen LogP contribution in [0.4, 0.5) is 22.7 Å². The van der Waals surface area contributed by atoms with E-state index in [1.165, 1.54) is 8.17 Å². The molecule has 18 heteroatoms. The smallest absolute Gasteiger partial charge is 0.283 e. The Hall–Kier alpha value is -5.40. The SMILES string of the molecule is CCc1nn(S(=O)(=O)c2cccc(N3CC[C@H](OC)C3)c2)c2cc(N3CCNCC3)ccc12.Cc1nn(S(=O)(=O)c2ccc3c(c2)N(C)CCO3)c2cc(N3CCNCC3)ccc12. The molecule has 2 N–H and O–H groups in total. The Bertz CT molecular complexity index is 2850. The molecule has 63 heavy (non-hydrogen) atoms. The summed E-state index contributed by atoms with van der Waals surface area (Å²) in [4.78, 5) is 9.18. The molecule has 1 atom stereocenters. The van der Waals surface area contributed by atoms with Crippen molar-refractivity contribution < 1.29 is 26.3 Å². The number of likely N-dealkylation sites (N-methyl/N-ethyl adjacent to an activating group) is 1. The van der Waals surface area contributed by atoms with Crippen LogP contribution >= 0.6 is 0 Å². The molecule has 0 unspecified atom stereocenters. The lowest BCUT2D eigenvalue weighted by Crippen LogP contribution is -2.43. The molecule has 0 saturated carbocycles. The van der Waals surface area contributed by atoms with E-state index in [0.29, 0.717) is 42.0 Å². The molecule has 4 aliphatic heterocycles. The van der Waals surface area contributed by atoms with E-state index in [1.807, 2.05) is 62.2 Å². The number of benzene rings is 4. The molecule has 10 rings (SSSR count). The Kier molecular flexibility index (Phi) is 12.0. The summed E-state index contributed by atoms with van der Waals surface area (Å²) in [7, 11) is -4.06. The Morgan fingerprint density at radius 3 is 1.94 bits per heavy atom. The van der Waals surface area contributed by atoms with E-state index in [9.17, 15) is 16.8 Å². The number of hydrogen-bond donors (Lipinski definition) is 2. The van der Waals surface area contributed by atoms with Gasteiger partial charge in [0.1, 0.15) is 12.4 Å². The molecule has 0 amide bonds. The molecule has 4 aromatic carbocycles. The van der Waals surface area contributed by atoms with Gasteiger partial charge in [-0.2, -0.15) is 35.2 Å². The predicted octanol–water partition coefficient (Wildman–Crippen LogP) is 4.29. The number of ether oxygens (including phenoxy) is 2. The summed E-state index contributed by atoms with van der Waals surface area (Å²) >= 11 is 0. The van der Waals surface area contributed by atoms with Crippen molar-refractivity contribution in [3.8, 4) is 5.75 Å². The lowest BCUT2D eigenvalue weighted by atomic mass is 10.1. The van der Waals surface area contributed by atoms with Crippen molar-refractivity contribution in [2.75, 3.05) is 112 Å². The van der Waals surface area contributed by atoms with Crippen molar-refractivity contribution in [3.63, 3.8) is 0 Å². The summed E-state index contributed by atoms with van der Waals surface area (Å²) in [6, 6.07) is 24.2. The Morgan fingerprint density at radius 1 is 0.698 bits per heavy atom. The topological polar surface area (TPSA) is 159 Å². The molecule has 3 saturated heterocycles. The van der Waals surface area contributed by atoms with Crippen molar-refractivity contribution in [1.29, 1.82) is 0 Å². The lowest BCUT2D eigenvalue weighted by Gasteiger charge is -2.29. The number of aromatic nitrogens is 4. The zero-order valence-corrected chi connectivity index (χ0v) is 38.0. The van der Waals surface area contributed by atoms with Crippen LogP contribution in [0.25, 0.3) is 21.8 Å². The maximum Gasteiger partial charge on any atom is 0.283 e. The maximum absolute atomic E-state index is 13.8. The number of hydrogen-bond acceptors (Lipinski definition) is 14. The van der Waals surface area contributed by atoms with Crippen LogP contribution in [-0.2, 0) is 31.2 Å². The second-order valence-electron chi connectivity index (χ2n) is 16.4. The van der Waals surface area contributed by atoms with Gasteiger partial charge < -0.3 is 39.7 Å². The van der Waals surface area contributed by atoms with Crippen LogP contribution in [0, 0.1) is 6.92 Å². The minimum atomic E-state index is -3.86. The number of piperazine rings is 2. The Morgan fingerprint density at radius 2 is 1.30 bits per heavy atom. The van der Waals surface area contributed by atoms with Gasteiger partial charge in [0.15, 0.2) is 0 Å². The lowest BCUT2D eigenvalue weighted by molar-refractivity contribution is 0.121. The maximum atomic E-state index is 13.8. The molecule has 334 valence electrons. The zero-order chi connectivity index (χ0) is 43.9. The van der Waals surface area contributed by atoms with Crippen molar-refractivity contribution >= 4 is 64.6 Å². The molecule has 0 spiro atoms. The van der Waals surface area contributed by atoms with E-state index < -0.39 is 20.0 Å². The van der Waals surface area contributed by atoms with Crippen LogP contribution < -0.4 is 35.0 Å². The fourth-order valence-corrected chi connectivity index (χ4v) is 11.6. The van der Waals surface area contributed by atoms with Gasteiger partial charge in [0, 0.05) is 107 Å². The third-order valence-corrected chi connectivity index (χ3v) is 15.7. The number of methoxy groups -OCH3 is 1. The number of anilines is 4. The largest absolute Gasteiger partial charge is 0.490 e. The number of nitrogens with one attached hydrogen (secondary N) is 2. The average molecular weight is 897 g/mol. The van der Waals surface area contributed by atoms with E-state index in [0.717, 1.165) is 111 Å². The van der Waals surface area contributed by atoms with Crippen LogP contribution in [-0.4, -0.2) is 134 Å². The van der Waals surface area contributed by atoms with Crippen LogP contribution in [0.1, 0.15) is 24.7 Å². The molecule has 0 radical (unpaired) electrons. The van der Waals surface area contributed by atoms with Gasteiger partial charge in [-0.05, 0) is 92.6 Å². The minimum Gasteiger partial charge on any atom is -0.490 e. The highest BCUT2D eigenvalue weighted by Gasteiger charge is 2.29. The summed E-state index contributed by atoms with van der Waals surface area (Å²) < 4.78 is 68.2. The fraction of sp³-hybridized carbons (Fsp3) is 0.422. The van der Waals surface area contributed by atoms with E-state index >= 15 is 0 Å². The van der Waals surface area contributed by atoms with Crippen LogP contribution in [0.15, 0.2) is 88.7 Å². The summed E-state index contributed by atoms with van der Waals surface area (Å²) in [6.07, 6.45) is 1.78. The summed E-state index contributed by atoms with van der Waals surface area (Å²) in [6.45, 7) is 14.0. The third kappa shape index (κ3) is 8.30. The standard InChI is InChI=1S/C24H31N5O3S.C21H25N5O3S/c1-3-23-22-8-7-19(27-13-10-25-11-14-27)16-24(22)29(26-23)33(30,31)21-6-4-5-18(15-21)28-12-9-20(17-28)32-2;1-15-18-5-3-16(25-9-7-22-8-10-25)13-19(18)26(23-15)30(27,28)17-4-6-21-20(14-17)24(2)11-12-29-21/h4-8,15-16,20,25H,3,9-14,17H2,1-2H3;3-6,13-14,22H,7-12H2,1-2H3/t20-;/m0./s1. The summed E-state index contributed by atoms with van der Waals surface area (Å²) in [5.41, 5.74) is 6.43. The first-order valence-corrected chi connectivity index (χ1v) is 24.6. The molecule has 0 aliphatic carbocycles. The average Bonchev–Trinajstić information content (AvgIpc) is 4.06. The van der Waals surface area contributed by atoms with Crippen molar-refractivity contribution in [2.24, 2.45) is 0 Å². The number of nitrogens with zero attached hydrogens (tertiary/aromatic N) is 8. The van der Waals surface area contributed by atoms with Gasteiger partial charge in [0.05, 0.1) is 50.5 Å². The van der Waals surface area contributed by atoms with Gasteiger partial charge in [-0.15, -0.1) is 0 Å². The quantitative estimate of drug-likeness (QED) is 0.212. The first-order valence-electron chi connectivity index (χ1n) is 21.8. The second-order valence-corrected chi connectivity index (χ2v) is 20.0. The van der Waals surface area contributed by atoms with Crippen molar-refractivity contribution in [3.05, 3.63) is 90.3 Å². The Balaban J connectivity index is 0.000000161. The van der Waals surface area contributed by atoms with Crippen LogP contribution in [0.2, 0.25) is 0 Å². The van der Waals surface area contributed by atoms with E-state index in [1.54, 1.807) is 43.5 Å².